The van der Waals surface area contributed by atoms with Crippen LogP contribution in [0.2, 0.25) is 0 Å². The Kier molecular flexibility index (Phi) is 7.96. The summed E-state index contributed by atoms with van der Waals surface area (Å²) in [5.74, 6) is 7.99. The number of halogens is 1. The van der Waals surface area contributed by atoms with Crippen LogP contribution in [0.25, 0.3) is 22.0 Å². The third-order valence-electron chi connectivity index (χ3n) is 7.63. The molecule has 3 heterocycles. The Labute approximate surface area is 230 Å². The first-order valence-corrected chi connectivity index (χ1v) is 13.2. The van der Waals surface area contributed by atoms with Gasteiger partial charge in [-0.15, -0.1) is 12.4 Å². The number of piperidine rings is 2. The molecule has 7 rings (SSSR count). The molecule has 192 valence electrons. The van der Waals surface area contributed by atoms with Crippen LogP contribution in [0.5, 0.6) is 5.75 Å². The van der Waals surface area contributed by atoms with Crippen LogP contribution in [0.3, 0.4) is 0 Å². The molecule has 0 atom stereocenters. The predicted molar refractivity (Wildman–Crippen MR) is 154 cm³/mol. The van der Waals surface area contributed by atoms with Crippen molar-refractivity contribution in [1.29, 1.82) is 0 Å². The monoisotopic (exact) mass is 522 g/mol. The summed E-state index contributed by atoms with van der Waals surface area (Å²) in [6.45, 7) is 1.42. The van der Waals surface area contributed by atoms with Crippen molar-refractivity contribution >= 4 is 29.2 Å². The van der Waals surface area contributed by atoms with Crippen LogP contribution in [0.4, 0.5) is 0 Å². The number of carbonyl (C=O) groups is 1. The van der Waals surface area contributed by atoms with E-state index < -0.39 is 0 Å². The maximum Gasteiger partial charge on any atom is 0.225 e. The predicted octanol–water partition coefficient (Wildman–Crippen LogP) is 6.89. The normalized spacial score (nSPS) is 18.0. The number of amides is 1. The molecule has 4 aromatic rings. The van der Waals surface area contributed by atoms with Gasteiger partial charge in [0.05, 0.1) is 12.1 Å². The van der Waals surface area contributed by atoms with E-state index in [1.807, 2.05) is 48.7 Å². The molecular formula is C33H31ClN2O2. The summed E-state index contributed by atoms with van der Waals surface area (Å²) in [6, 6.07) is 27.0. The maximum absolute atomic E-state index is 12.5. The lowest BCUT2D eigenvalue weighted by Crippen LogP contribution is -2.52. The minimum absolute atomic E-state index is 0. The Balaban J connectivity index is 0.00000294. The van der Waals surface area contributed by atoms with E-state index in [0.717, 1.165) is 59.2 Å². The van der Waals surface area contributed by atoms with E-state index in [1.54, 1.807) is 0 Å². The molecule has 2 aliphatic heterocycles. The number of nitrogens with zero attached hydrogens (tertiary/aromatic N) is 2. The molecule has 1 aromatic heterocycles. The zero-order valence-corrected chi connectivity index (χ0v) is 22.1. The molecule has 3 aromatic carbocycles. The van der Waals surface area contributed by atoms with Crippen molar-refractivity contribution < 1.29 is 9.53 Å². The Hall–Kier alpha value is -3.81. The third-order valence-corrected chi connectivity index (χ3v) is 7.63. The highest BCUT2D eigenvalue weighted by Gasteiger charge is 2.39. The molecule has 5 heteroatoms. The van der Waals surface area contributed by atoms with Gasteiger partial charge in [0.1, 0.15) is 5.75 Å². The van der Waals surface area contributed by atoms with Crippen LogP contribution in [0, 0.1) is 17.8 Å². The topological polar surface area (TPSA) is 42.4 Å². The van der Waals surface area contributed by atoms with Gasteiger partial charge in [-0.05, 0) is 91.8 Å². The van der Waals surface area contributed by atoms with Crippen LogP contribution in [-0.2, 0) is 4.79 Å². The van der Waals surface area contributed by atoms with E-state index in [2.05, 4.69) is 58.1 Å². The highest BCUT2D eigenvalue weighted by atomic mass is 35.5. The molecule has 1 aliphatic carbocycles. The Bertz CT molecular complexity index is 1460. The molecule has 0 unspecified atom stereocenters. The summed E-state index contributed by atoms with van der Waals surface area (Å²) in [6.07, 6.45) is 7.20. The summed E-state index contributed by atoms with van der Waals surface area (Å²) in [4.78, 5) is 19.0. The van der Waals surface area contributed by atoms with E-state index in [0.29, 0.717) is 18.6 Å². The second-order valence-electron chi connectivity index (χ2n) is 9.97. The number of carbonyl (C=O) groups excluding carboxylic acids is 1. The number of rotatable bonds is 6. The van der Waals surface area contributed by atoms with Crippen molar-refractivity contribution in [2.24, 2.45) is 5.92 Å². The summed E-state index contributed by atoms with van der Waals surface area (Å²) in [5.41, 5.74) is 5.26. The van der Waals surface area contributed by atoms with Crippen LogP contribution in [-0.4, -0.2) is 35.0 Å². The number of hydrogen-bond acceptors (Lipinski definition) is 3. The third kappa shape index (κ3) is 5.54. The average Bonchev–Trinajstić information content (AvgIpc) is 2.96. The summed E-state index contributed by atoms with van der Waals surface area (Å²) in [7, 11) is 0. The van der Waals surface area contributed by atoms with Gasteiger partial charge in [0.15, 0.2) is 0 Å². The summed E-state index contributed by atoms with van der Waals surface area (Å²) < 4.78 is 5.93. The Morgan fingerprint density at radius 2 is 1.55 bits per heavy atom. The smallest absolute Gasteiger partial charge is 0.225 e. The van der Waals surface area contributed by atoms with Crippen molar-refractivity contribution in [2.75, 3.05) is 13.2 Å². The van der Waals surface area contributed by atoms with Crippen molar-refractivity contribution in [1.82, 2.24) is 9.88 Å². The fraction of sp³-hybridized carbons (Fsp3) is 0.273. The number of pyridine rings is 1. The molecule has 1 saturated carbocycles. The van der Waals surface area contributed by atoms with Crippen LogP contribution >= 0.6 is 12.4 Å². The number of hydrogen-bond donors (Lipinski definition) is 0. The van der Waals surface area contributed by atoms with E-state index in [-0.39, 0.29) is 18.3 Å². The van der Waals surface area contributed by atoms with Gasteiger partial charge in [0.25, 0.3) is 0 Å². The maximum atomic E-state index is 12.5. The molecule has 3 aliphatic rings. The lowest BCUT2D eigenvalue weighted by molar-refractivity contribution is -0.147. The van der Waals surface area contributed by atoms with Gasteiger partial charge in [-0.1, -0.05) is 42.2 Å². The van der Waals surface area contributed by atoms with Crippen molar-refractivity contribution in [3.63, 3.8) is 0 Å². The standard InChI is InChI=1S/C33H30N2O2.ClH/c36-33-27-15-17-28(18-16-27)35(33)22-3-23-37-29-19-11-25(12-20-29)8-7-24-9-13-26(14-10-24)30-4-1-6-32-31(30)5-2-21-34-32;/h1-2,4-6,9-14,19-21,27-28H,3,15-18,22-23H2;1H. The summed E-state index contributed by atoms with van der Waals surface area (Å²) in [5, 5.41) is 1.15. The van der Waals surface area contributed by atoms with Crippen LogP contribution < -0.4 is 4.74 Å². The van der Waals surface area contributed by atoms with E-state index in [4.69, 9.17) is 4.74 Å². The fourth-order valence-corrected chi connectivity index (χ4v) is 5.63. The summed E-state index contributed by atoms with van der Waals surface area (Å²) >= 11 is 0. The number of aromatic nitrogens is 1. The lowest BCUT2D eigenvalue weighted by atomic mass is 9.79. The molecule has 4 nitrogen and oxygen atoms in total. The molecule has 3 fully saturated rings. The van der Waals surface area contributed by atoms with Gasteiger partial charge in [0, 0.05) is 41.2 Å². The molecular weight excluding hydrogens is 492 g/mol. The second kappa shape index (κ2) is 11.7. The highest BCUT2D eigenvalue weighted by Crippen LogP contribution is 2.35. The molecule has 0 radical (unpaired) electrons. The van der Waals surface area contributed by atoms with Crippen molar-refractivity contribution in [3.05, 3.63) is 96.2 Å². The zero-order valence-electron chi connectivity index (χ0n) is 21.3. The second-order valence-corrected chi connectivity index (χ2v) is 9.97. The minimum atomic E-state index is 0. The zero-order chi connectivity index (χ0) is 25.0. The van der Waals surface area contributed by atoms with Crippen LogP contribution in [0.15, 0.2) is 85.1 Å². The highest BCUT2D eigenvalue weighted by molar-refractivity contribution is 5.94. The SMILES string of the molecule is Cl.O=C1C2CCC(CC2)N1CCCOc1ccc(C#Cc2ccc(-c3cccc4ncccc34)cc2)cc1. The molecule has 2 saturated heterocycles. The first-order valence-electron chi connectivity index (χ1n) is 13.2. The van der Waals surface area contributed by atoms with Crippen molar-refractivity contribution in [3.8, 4) is 28.7 Å². The molecule has 38 heavy (non-hydrogen) atoms. The van der Waals surface area contributed by atoms with Crippen LogP contribution in [0.1, 0.15) is 43.2 Å². The number of fused-ring (bicyclic) bond motifs is 4. The Morgan fingerprint density at radius 3 is 2.26 bits per heavy atom. The number of ether oxygens (including phenoxy) is 1. The molecule has 2 bridgehead atoms. The first-order chi connectivity index (χ1) is 18.2. The lowest BCUT2D eigenvalue weighted by Gasteiger charge is -2.44. The fourth-order valence-electron chi connectivity index (χ4n) is 5.63. The number of benzene rings is 3. The molecule has 1 amide bonds. The Morgan fingerprint density at radius 1 is 0.842 bits per heavy atom. The van der Waals surface area contributed by atoms with Gasteiger partial charge in [0.2, 0.25) is 5.91 Å². The van der Waals surface area contributed by atoms with E-state index in [9.17, 15) is 4.79 Å². The minimum Gasteiger partial charge on any atom is -0.494 e. The van der Waals surface area contributed by atoms with E-state index in [1.165, 1.54) is 18.4 Å². The largest absolute Gasteiger partial charge is 0.494 e. The van der Waals surface area contributed by atoms with Gasteiger partial charge >= 0.3 is 0 Å². The first kappa shape index (κ1) is 25.8. The van der Waals surface area contributed by atoms with Gasteiger partial charge in [-0.25, -0.2) is 0 Å². The van der Waals surface area contributed by atoms with Crippen molar-refractivity contribution in [2.45, 2.75) is 38.1 Å². The van der Waals surface area contributed by atoms with Gasteiger partial charge in [-0.2, -0.15) is 0 Å². The van der Waals surface area contributed by atoms with Gasteiger partial charge < -0.3 is 9.64 Å². The average molecular weight is 523 g/mol. The molecule has 0 spiro atoms. The molecule has 0 N–H and O–H groups in total. The quantitative estimate of drug-likeness (QED) is 0.204. The van der Waals surface area contributed by atoms with Gasteiger partial charge in [-0.3, -0.25) is 9.78 Å². The van der Waals surface area contributed by atoms with E-state index >= 15 is 0 Å².